The van der Waals surface area contributed by atoms with Crippen LogP contribution >= 0.6 is 11.9 Å². The van der Waals surface area contributed by atoms with E-state index in [2.05, 4.69) is 46.5 Å². The SMILES string of the molecule is CCC(C)CC(C)(C)C.[O-]Cl. The molecule has 0 fully saturated rings. The van der Waals surface area contributed by atoms with Gasteiger partial charge in [-0.3, -0.25) is 0 Å². The first-order valence-electron chi connectivity index (χ1n) is 4.11. The third kappa shape index (κ3) is 13.3. The standard InChI is InChI=1S/C9H20.ClO/c1-6-8(2)7-9(3,4)5;1-2/h8H,6-7H2,1-5H3;/q;-1. The minimum absolute atomic E-state index is 0.523. The Balaban J connectivity index is 0. The largest absolute Gasteiger partial charge is 0.769 e. The summed E-state index contributed by atoms with van der Waals surface area (Å²) in [5, 5.41) is 0. The van der Waals surface area contributed by atoms with Crippen molar-refractivity contribution in [3.05, 3.63) is 0 Å². The molecule has 11 heavy (non-hydrogen) atoms. The van der Waals surface area contributed by atoms with Crippen LogP contribution in [0.1, 0.15) is 47.5 Å². The minimum atomic E-state index is 0.523. The van der Waals surface area contributed by atoms with E-state index in [9.17, 15) is 0 Å². The van der Waals surface area contributed by atoms with Gasteiger partial charge in [-0.2, -0.15) is 0 Å². The highest BCUT2D eigenvalue weighted by molar-refractivity contribution is 6.02. The van der Waals surface area contributed by atoms with Gasteiger partial charge in [0.2, 0.25) is 0 Å². The lowest BCUT2D eigenvalue weighted by Gasteiger charge is -2.21. The molecule has 0 aliphatic rings. The van der Waals surface area contributed by atoms with Crippen molar-refractivity contribution in [3.63, 3.8) is 0 Å². The molecule has 0 N–H and O–H groups in total. The first-order chi connectivity index (χ1) is 4.95. The van der Waals surface area contributed by atoms with Gasteiger partial charge in [-0.25, -0.2) is 11.9 Å². The molecular formula is C9H20ClO-. The summed E-state index contributed by atoms with van der Waals surface area (Å²) in [7, 11) is 0. The summed E-state index contributed by atoms with van der Waals surface area (Å²) in [4.78, 5) is 0. The third-order valence-corrected chi connectivity index (χ3v) is 1.66. The highest BCUT2D eigenvalue weighted by Crippen LogP contribution is 2.25. The summed E-state index contributed by atoms with van der Waals surface area (Å²) in [6, 6.07) is 0. The molecule has 0 bridgehead atoms. The highest BCUT2D eigenvalue weighted by atomic mass is 35.5. The Morgan fingerprint density at radius 2 is 1.64 bits per heavy atom. The normalized spacial score (nSPS) is 13.4. The molecule has 2 heteroatoms. The minimum Gasteiger partial charge on any atom is -0.769 e. The van der Waals surface area contributed by atoms with Crippen molar-refractivity contribution in [1.82, 2.24) is 0 Å². The molecule has 0 aromatic rings. The first kappa shape index (κ1) is 13.8. The van der Waals surface area contributed by atoms with Crippen molar-refractivity contribution in [2.24, 2.45) is 11.3 Å². The van der Waals surface area contributed by atoms with Gasteiger partial charge in [-0.05, 0) is 17.8 Å². The van der Waals surface area contributed by atoms with Crippen molar-refractivity contribution in [3.8, 4) is 0 Å². The maximum Gasteiger partial charge on any atom is -0.0380 e. The van der Waals surface area contributed by atoms with E-state index in [0.717, 1.165) is 5.92 Å². The Labute approximate surface area is 75.9 Å². The summed E-state index contributed by atoms with van der Waals surface area (Å²) >= 11 is 3.39. The predicted molar refractivity (Wildman–Crippen MR) is 49.4 cm³/mol. The lowest BCUT2D eigenvalue weighted by molar-refractivity contribution is -0.166. The van der Waals surface area contributed by atoms with Gasteiger partial charge in [0.15, 0.2) is 0 Å². The molecule has 0 radical (unpaired) electrons. The van der Waals surface area contributed by atoms with Crippen LogP contribution < -0.4 is 4.66 Å². The van der Waals surface area contributed by atoms with E-state index in [1.165, 1.54) is 12.8 Å². The Hall–Kier alpha value is 0.250. The molecule has 0 amide bonds. The monoisotopic (exact) mass is 179 g/mol. The van der Waals surface area contributed by atoms with Gasteiger partial charge in [-0.1, -0.05) is 41.0 Å². The van der Waals surface area contributed by atoms with Crippen LogP contribution in [0.5, 0.6) is 0 Å². The molecule has 1 atom stereocenters. The quantitative estimate of drug-likeness (QED) is 0.639. The van der Waals surface area contributed by atoms with Crippen LogP contribution in [-0.2, 0) is 0 Å². The van der Waals surface area contributed by atoms with Gasteiger partial charge < -0.3 is 4.66 Å². The highest BCUT2D eigenvalue weighted by Gasteiger charge is 2.13. The maximum atomic E-state index is 7.72. The van der Waals surface area contributed by atoms with E-state index in [4.69, 9.17) is 4.66 Å². The summed E-state index contributed by atoms with van der Waals surface area (Å²) in [6.07, 6.45) is 2.67. The molecule has 0 aliphatic heterocycles. The van der Waals surface area contributed by atoms with Crippen LogP contribution in [0, 0.1) is 11.3 Å². The van der Waals surface area contributed by atoms with E-state index in [0.29, 0.717) is 5.41 Å². The average Bonchev–Trinajstić information content (AvgIpc) is 1.89. The topological polar surface area (TPSA) is 23.1 Å². The van der Waals surface area contributed by atoms with Gasteiger partial charge in [0, 0.05) is 0 Å². The molecular weight excluding hydrogens is 160 g/mol. The smallest absolute Gasteiger partial charge is 0.0380 e. The van der Waals surface area contributed by atoms with Crippen LogP contribution in [0.4, 0.5) is 0 Å². The number of halogens is 1. The molecule has 70 valence electrons. The van der Waals surface area contributed by atoms with Crippen molar-refractivity contribution >= 4 is 11.9 Å². The molecule has 0 spiro atoms. The lowest BCUT2D eigenvalue weighted by Crippen LogP contribution is -2.09. The Morgan fingerprint density at radius 1 is 1.27 bits per heavy atom. The van der Waals surface area contributed by atoms with Crippen LogP contribution in [0.3, 0.4) is 0 Å². The summed E-state index contributed by atoms with van der Waals surface area (Å²) in [6.45, 7) is 11.5. The Morgan fingerprint density at radius 3 is 1.73 bits per heavy atom. The van der Waals surface area contributed by atoms with Gasteiger partial charge in [-0.15, -0.1) is 0 Å². The zero-order valence-corrected chi connectivity index (χ0v) is 9.03. The molecule has 1 nitrogen and oxygen atoms in total. The van der Waals surface area contributed by atoms with Crippen LogP contribution in [0.2, 0.25) is 0 Å². The summed E-state index contributed by atoms with van der Waals surface area (Å²) < 4.78 is 7.72. The van der Waals surface area contributed by atoms with E-state index in [1.807, 2.05) is 0 Å². The van der Waals surface area contributed by atoms with Crippen molar-refractivity contribution < 1.29 is 4.66 Å². The zero-order chi connectivity index (χ0) is 9.49. The average molecular weight is 180 g/mol. The fraction of sp³-hybridized carbons (Fsp3) is 1.00. The van der Waals surface area contributed by atoms with Crippen molar-refractivity contribution in [1.29, 1.82) is 0 Å². The lowest BCUT2D eigenvalue weighted by atomic mass is 9.84. The van der Waals surface area contributed by atoms with E-state index >= 15 is 0 Å². The molecule has 0 saturated carbocycles. The van der Waals surface area contributed by atoms with Gasteiger partial charge in [0.05, 0.1) is 0 Å². The number of rotatable bonds is 2. The van der Waals surface area contributed by atoms with Gasteiger partial charge in [0.25, 0.3) is 0 Å². The maximum absolute atomic E-state index is 7.72. The van der Waals surface area contributed by atoms with Gasteiger partial charge in [0.1, 0.15) is 0 Å². The van der Waals surface area contributed by atoms with E-state index in [-0.39, 0.29) is 0 Å². The van der Waals surface area contributed by atoms with E-state index < -0.39 is 0 Å². The second-order valence-electron chi connectivity index (χ2n) is 4.28. The first-order valence-corrected chi connectivity index (χ1v) is 4.42. The molecule has 0 aromatic heterocycles. The number of hydrogen-bond donors (Lipinski definition) is 0. The van der Waals surface area contributed by atoms with Crippen LogP contribution in [0.15, 0.2) is 0 Å². The molecule has 0 aliphatic carbocycles. The molecule has 0 aromatic carbocycles. The summed E-state index contributed by atoms with van der Waals surface area (Å²) in [5.74, 6) is 0.894. The van der Waals surface area contributed by atoms with E-state index in [1.54, 1.807) is 0 Å². The van der Waals surface area contributed by atoms with Gasteiger partial charge >= 0.3 is 0 Å². The predicted octanol–water partition coefficient (Wildman–Crippen LogP) is 2.97. The van der Waals surface area contributed by atoms with Crippen LogP contribution in [0.25, 0.3) is 0 Å². The fourth-order valence-corrected chi connectivity index (χ4v) is 1.19. The second kappa shape index (κ2) is 6.93. The Bertz CT molecular complexity index is 76.1. The zero-order valence-electron chi connectivity index (χ0n) is 8.28. The van der Waals surface area contributed by atoms with Crippen LogP contribution in [-0.4, -0.2) is 0 Å². The van der Waals surface area contributed by atoms with Crippen molar-refractivity contribution in [2.75, 3.05) is 0 Å². The second-order valence-corrected chi connectivity index (χ2v) is 4.28. The number of hydrogen-bond acceptors (Lipinski definition) is 1. The molecule has 0 rings (SSSR count). The molecule has 1 unspecified atom stereocenters. The molecule has 0 saturated heterocycles. The Kier molecular flexibility index (Phi) is 8.70. The molecule has 0 heterocycles. The fourth-order valence-electron chi connectivity index (χ4n) is 1.19. The summed E-state index contributed by atoms with van der Waals surface area (Å²) in [5.41, 5.74) is 0.523. The van der Waals surface area contributed by atoms with Crippen molar-refractivity contribution in [2.45, 2.75) is 47.5 Å². The third-order valence-electron chi connectivity index (χ3n) is 1.66.